The normalized spacial score (nSPS) is 11.7. The lowest BCUT2D eigenvalue weighted by atomic mass is 10.1. The van der Waals surface area contributed by atoms with E-state index in [1.165, 1.54) is 12.1 Å². The Morgan fingerprint density at radius 2 is 1.86 bits per heavy atom. The summed E-state index contributed by atoms with van der Waals surface area (Å²) in [5, 5.41) is 0.242. The van der Waals surface area contributed by atoms with Crippen molar-refractivity contribution in [1.82, 2.24) is 9.55 Å². The average molecular weight is 338 g/mol. The van der Waals surface area contributed by atoms with Crippen molar-refractivity contribution in [1.29, 1.82) is 0 Å². The summed E-state index contributed by atoms with van der Waals surface area (Å²) in [6.07, 6.45) is -4.11. The summed E-state index contributed by atoms with van der Waals surface area (Å²) in [7, 11) is 1.00. The zero-order valence-corrected chi connectivity index (χ0v) is 12.0. The SMILES string of the molecule is Cn1c(C(F)(F)F)cnc(-c2cc(N)c(Cl)cc2Cl)c1=O. The molecule has 0 saturated heterocycles. The van der Waals surface area contributed by atoms with Crippen LogP contribution in [0.5, 0.6) is 0 Å². The number of alkyl halides is 3. The summed E-state index contributed by atoms with van der Waals surface area (Å²) < 4.78 is 38.5. The second kappa shape index (κ2) is 5.23. The van der Waals surface area contributed by atoms with Gasteiger partial charge in [0.1, 0.15) is 11.4 Å². The Morgan fingerprint density at radius 1 is 1.24 bits per heavy atom. The molecule has 0 bridgehead atoms. The predicted octanol–water partition coefficient (Wildman–Crippen LogP) is 3.36. The van der Waals surface area contributed by atoms with Gasteiger partial charge in [0.25, 0.3) is 5.56 Å². The number of aromatic nitrogens is 2. The third kappa shape index (κ3) is 2.84. The number of nitrogen functional groups attached to an aromatic ring is 1. The van der Waals surface area contributed by atoms with Crippen LogP contribution in [0.4, 0.5) is 18.9 Å². The standard InChI is InChI=1S/C12H8Cl2F3N3O/c1-20-9(12(15,16)17)4-19-10(11(20)21)5-2-8(18)7(14)3-6(5)13/h2-4H,18H2,1H3. The van der Waals surface area contributed by atoms with Gasteiger partial charge in [-0.25, -0.2) is 4.98 Å². The van der Waals surface area contributed by atoms with Crippen LogP contribution in [0.15, 0.2) is 23.1 Å². The van der Waals surface area contributed by atoms with Crippen molar-refractivity contribution in [2.24, 2.45) is 7.05 Å². The maximum Gasteiger partial charge on any atom is 0.433 e. The first-order valence-electron chi connectivity index (χ1n) is 5.51. The number of halogens is 5. The Balaban J connectivity index is 2.71. The van der Waals surface area contributed by atoms with Crippen molar-refractivity contribution in [3.05, 3.63) is 44.4 Å². The zero-order valence-electron chi connectivity index (χ0n) is 10.5. The first-order valence-corrected chi connectivity index (χ1v) is 6.26. The number of nitrogens with zero attached hydrogens (tertiary/aromatic N) is 2. The van der Waals surface area contributed by atoms with Crippen LogP contribution in [0.25, 0.3) is 11.3 Å². The molecule has 0 aliphatic carbocycles. The van der Waals surface area contributed by atoms with Crippen LogP contribution in [-0.4, -0.2) is 9.55 Å². The van der Waals surface area contributed by atoms with E-state index in [4.69, 9.17) is 28.9 Å². The van der Waals surface area contributed by atoms with Gasteiger partial charge in [0.2, 0.25) is 0 Å². The van der Waals surface area contributed by atoms with Crippen molar-refractivity contribution in [3.63, 3.8) is 0 Å². The second-order valence-electron chi connectivity index (χ2n) is 4.21. The van der Waals surface area contributed by atoms with Gasteiger partial charge in [-0.05, 0) is 12.1 Å². The third-order valence-electron chi connectivity index (χ3n) is 2.82. The van der Waals surface area contributed by atoms with E-state index >= 15 is 0 Å². The van der Waals surface area contributed by atoms with E-state index < -0.39 is 17.4 Å². The fraction of sp³-hybridized carbons (Fsp3) is 0.167. The van der Waals surface area contributed by atoms with Gasteiger partial charge in [0.15, 0.2) is 0 Å². The van der Waals surface area contributed by atoms with E-state index in [0.29, 0.717) is 10.8 Å². The molecule has 1 heterocycles. The van der Waals surface area contributed by atoms with Gasteiger partial charge >= 0.3 is 6.18 Å². The third-order valence-corrected chi connectivity index (χ3v) is 3.46. The van der Waals surface area contributed by atoms with Crippen LogP contribution < -0.4 is 11.3 Å². The Labute approximate surface area is 126 Å². The highest BCUT2D eigenvalue weighted by Gasteiger charge is 2.34. The Kier molecular flexibility index (Phi) is 3.90. The largest absolute Gasteiger partial charge is 0.433 e. The van der Waals surface area contributed by atoms with Crippen molar-refractivity contribution in [2.75, 3.05) is 5.73 Å². The second-order valence-corrected chi connectivity index (χ2v) is 5.02. The smallest absolute Gasteiger partial charge is 0.398 e. The molecule has 2 rings (SSSR count). The fourth-order valence-corrected chi connectivity index (χ4v) is 2.20. The minimum atomic E-state index is -4.68. The molecule has 0 saturated carbocycles. The molecule has 0 amide bonds. The number of anilines is 1. The van der Waals surface area contributed by atoms with E-state index in [2.05, 4.69) is 4.98 Å². The van der Waals surface area contributed by atoms with Crippen LogP contribution in [-0.2, 0) is 13.2 Å². The van der Waals surface area contributed by atoms with Crippen molar-refractivity contribution in [2.45, 2.75) is 6.18 Å². The van der Waals surface area contributed by atoms with Gasteiger partial charge in [0.05, 0.1) is 21.9 Å². The van der Waals surface area contributed by atoms with Crippen LogP contribution >= 0.6 is 23.2 Å². The van der Waals surface area contributed by atoms with Crippen molar-refractivity contribution in [3.8, 4) is 11.3 Å². The van der Waals surface area contributed by atoms with Crippen molar-refractivity contribution >= 4 is 28.9 Å². The highest BCUT2D eigenvalue weighted by atomic mass is 35.5. The van der Waals surface area contributed by atoms with E-state index in [1.54, 1.807) is 0 Å². The molecule has 0 aliphatic rings. The molecule has 0 atom stereocenters. The zero-order chi connectivity index (χ0) is 15.9. The van der Waals surface area contributed by atoms with Crippen LogP contribution in [0.2, 0.25) is 10.0 Å². The highest BCUT2D eigenvalue weighted by Crippen LogP contribution is 2.33. The average Bonchev–Trinajstić information content (AvgIpc) is 2.36. The summed E-state index contributed by atoms with van der Waals surface area (Å²) in [6.45, 7) is 0. The molecule has 0 unspecified atom stereocenters. The lowest BCUT2D eigenvalue weighted by Crippen LogP contribution is -2.27. The lowest BCUT2D eigenvalue weighted by Gasteiger charge is -2.13. The predicted molar refractivity (Wildman–Crippen MR) is 74.3 cm³/mol. The van der Waals surface area contributed by atoms with E-state index in [1.807, 2.05) is 0 Å². The molecule has 9 heteroatoms. The molecule has 0 spiro atoms. The monoisotopic (exact) mass is 337 g/mol. The molecule has 1 aromatic heterocycles. The van der Waals surface area contributed by atoms with Crippen LogP contribution in [0, 0.1) is 0 Å². The summed E-state index contributed by atoms with van der Waals surface area (Å²) >= 11 is 11.7. The van der Waals surface area contributed by atoms with E-state index in [0.717, 1.165) is 7.05 Å². The summed E-state index contributed by atoms with van der Waals surface area (Å²) in [5.74, 6) is 0. The summed E-state index contributed by atoms with van der Waals surface area (Å²) in [4.78, 5) is 15.6. The van der Waals surface area contributed by atoms with Gasteiger partial charge in [-0.3, -0.25) is 4.79 Å². The van der Waals surface area contributed by atoms with Crippen LogP contribution in [0.3, 0.4) is 0 Å². The van der Waals surface area contributed by atoms with Crippen molar-refractivity contribution < 1.29 is 13.2 Å². The molecular weight excluding hydrogens is 330 g/mol. The Hall–Kier alpha value is -1.73. The van der Waals surface area contributed by atoms with Gasteiger partial charge in [-0.15, -0.1) is 0 Å². The van der Waals surface area contributed by atoms with E-state index in [-0.39, 0.29) is 27.0 Å². The topological polar surface area (TPSA) is 60.9 Å². The lowest BCUT2D eigenvalue weighted by molar-refractivity contribution is -0.144. The molecule has 2 N–H and O–H groups in total. The van der Waals surface area contributed by atoms with Gasteiger partial charge in [-0.2, -0.15) is 13.2 Å². The molecule has 0 fully saturated rings. The fourth-order valence-electron chi connectivity index (χ4n) is 1.73. The quantitative estimate of drug-likeness (QED) is 0.811. The van der Waals surface area contributed by atoms with Gasteiger partial charge < -0.3 is 10.3 Å². The minimum absolute atomic E-state index is 0.0681. The molecule has 112 valence electrons. The Morgan fingerprint density at radius 3 is 2.43 bits per heavy atom. The maximum atomic E-state index is 12.7. The van der Waals surface area contributed by atoms with Gasteiger partial charge in [-0.1, -0.05) is 23.2 Å². The number of hydrogen-bond donors (Lipinski definition) is 1. The first kappa shape index (κ1) is 15.7. The molecule has 0 aliphatic heterocycles. The van der Waals surface area contributed by atoms with E-state index in [9.17, 15) is 18.0 Å². The van der Waals surface area contributed by atoms with Gasteiger partial charge in [0, 0.05) is 12.6 Å². The van der Waals surface area contributed by atoms with Crippen LogP contribution in [0.1, 0.15) is 5.69 Å². The molecule has 0 radical (unpaired) electrons. The molecule has 21 heavy (non-hydrogen) atoms. The number of hydrogen-bond acceptors (Lipinski definition) is 3. The highest BCUT2D eigenvalue weighted by molar-refractivity contribution is 6.37. The number of rotatable bonds is 1. The minimum Gasteiger partial charge on any atom is -0.398 e. The number of benzene rings is 1. The Bertz CT molecular complexity index is 772. The molecule has 1 aromatic carbocycles. The maximum absolute atomic E-state index is 12.7. The number of nitrogens with two attached hydrogens (primary N) is 1. The molecular formula is C12H8Cl2F3N3O. The summed E-state index contributed by atoms with van der Waals surface area (Å²) in [5.41, 5.74) is 3.53. The molecule has 4 nitrogen and oxygen atoms in total. The summed E-state index contributed by atoms with van der Waals surface area (Å²) in [6, 6.07) is 2.59. The molecule has 2 aromatic rings. The first-order chi connectivity index (χ1) is 9.62.